The standard InChI is InChI=1S/C20H17N3O2/c1-13-10-14(2)22-20-19(13)16(11-21)17(8-9-18(24)25)23(20)12-15-6-4-3-5-7-15/h3-10H,12H2,1-2H3,(H,24,25). The molecule has 0 fully saturated rings. The number of benzene rings is 1. The largest absolute Gasteiger partial charge is 0.478 e. The summed E-state index contributed by atoms with van der Waals surface area (Å²) in [6, 6.07) is 14.0. The maximum absolute atomic E-state index is 11.0. The molecule has 3 aromatic rings. The zero-order valence-electron chi connectivity index (χ0n) is 14.0. The minimum atomic E-state index is -1.05. The first-order chi connectivity index (χ1) is 12.0. The predicted octanol–water partition coefficient (Wildman–Crippen LogP) is 3.67. The van der Waals surface area contributed by atoms with Gasteiger partial charge in [-0.15, -0.1) is 0 Å². The lowest BCUT2D eigenvalue weighted by atomic mass is 10.1. The summed E-state index contributed by atoms with van der Waals surface area (Å²) in [7, 11) is 0. The topological polar surface area (TPSA) is 78.9 Å². The number of aromatic nitrogens is 2. The van der Waals surface area contributed by atoms with E-state index in [-0.39, 0.29) is 0 Å². The molecule has 0 spiro atoms. The molecule has 0 aliphatic heterocycles. The maximum atomic E-state index is 11.0. The van der Waals surface area contributed by atoms with E-state index in [0.717, 1.165) is 28.3 Å². The number of rotatable bonds is 4. The van der Waals surface area contributed by atoms with Crippen LogP contribution in [-0.2, 0) is 11.3 Å². The molecule has 0 unspecified atom stereocenters. The second kappa shape index (κ2) is 6.62. The minimum absolute atomic E-state index is 0.452. The first kappa shape index (κ1) is 16.5. The third-order valence-corrected chi connectivity index (χ3v) is 4.06. The SMILES string of the molecule is Cc1cc(C)c2c(C#N)c(C=CC(=O)O)n(Cc3ccccc3)c2n1. The number of fused-ring (bicyclic) bond motifs is 1. The Morgan fingerprint density at radius 2 is 2.04 bits per heavy atom. The van der Waals surface area contributed by atoms with E-state index >= 15 is 0 Å². The molecule has 0 saturated carbocycles. The van der Waals surface area contributed by atoms with Crippen LogP contribution >= 0.6 is 0 Å². The fraction of sp³-hybridized carbons (Fsp3) is 0.150. The number of nitriles is 1. The highest BCUT2D eigenvalue weighted by Gasteiger charge is 2.19. The summed E-state index contributed by atoms with van der Waals surface area (Å²) in [5.74, 6) is -1.05. The number of carboxylic acids is 1. The monoisotopic (exact) mass is 331 g/mol. The third kappa shape index (κ3) is 3.15. The van der Waals surface area contributed by atoms with Crippen LogP contribution in [-0.4, -0.2) is 20.6 Å². The Morgan fingerprint density at radius 1 is 1.32 bits per heavy atom. The average molecular weight is 331 g/mol. The van der Waals surface area contributed by atoms with E-state index in [2.05, 4.69) is 11.1 Å². The summed E-state index contributed by atoms with van der Waals surface area (Å²) in [4.78, 5) is 15.6. The molecular formula is C20H17N3O2. The van der Waals surface area contributed by atoms with Crippen LogP contribution in [0.3, 0.4) is 0 Å². The van der Waals surface area contributed by atoms with Crippen LogP contribution in [0, 0.1) is 25.2 Å². The number of hydrogen-bond donors (Lipinski definition) is 1. The van der Waals surface area contributed by atoms with E-state index in [1.165, 1.54) is 6.08 Å². The van der Waals surface area contributed by atoms with Gasteiger partial charge in [-0.1, -0.05) is 30.3 Å². The van der Waals surface area contributed by atoms with Gasteiger partial charge in [0.2, 0.25) is 0 Å². The molecule has 0 bridgehead atoms. The van der Waals surface area contributed by atoms with Crippen molar-refractivity contribution in [3.63, 3.8) is 0 Å². The molecule has 0 radical (unpaired) electrons. The maximum Gasteiger partial charge on any atom is 0.328 e. The quantitative estimate of drug-likeness (QED) is 0.740. The van der Waals surface area contributed by atoms with Crippen LogP contribution in [0.2, 0.25) is 0 Å². The van der Waals surface area contributed by atoms with Crippen LogP contribution in [0.4, 0.5) is 0 Å². The van der Waals surface area contributed by atoms with Crippen LogP contribution < -0.4 is 0 Å². The number of pyridine rings is 1. The smallest absolute Gasteiger partial charge is 0.328 e. The van der Waals surface area contributed by atoms with E-state index < -0.39 is 5.97 Å². The van der Waals surface area contributed by atoms with E-state index in [0.29, 0.717) is 23.4 Å². The lowest BCUT2D eigenvalue weighted by molar-refractivity contribution is -0.131. The zero-order chi connectivity index (χ0) is 18.0. The van der Waals surface area contributed by atoms with Crippen molar-refractivity contribution in [3.05, 3.63) is 70.6 Å². The van der Waals surface area contributed by atoms with Crippen molar-refractivity contribution in [3.8, 4) is 6.07 Å². The molecule has 0 saturated heterocycles. The molecule has 25 heavy (non-hydrogen) atoms. The second-order valence-electron chi connectivity index (χ2n) is 5.89. The Kier molecular flexibility index (Phi) is 4.36. The van der Waals surface area contributed by atoms with Gasteiger partial charge < -0.3 is 9.67 Å². The molecular weight excluding hydrogens is 314 g/mol. The molecule has 1 N–H and O–H groups in total. The molecule has 2 aromatic heterocycles. The first-order valence-corrected chi connectivity index (χ1v) is 7.86. The van der Waals surface area contributed by atoms with Gasteiger partial charge in [0, 0.05) is 23.7 Å². The number of aryl methyl sites for hydroxylation is 2. The van der Waals surface area contributed by atoms with Gasteiger partial charge in [0.25, 0.3) is 0 Å². The molecule has 0 aliphatic rings. The Bertz CT molecular complexity index is 1020. The second-order valence-corrected chi connectivity index (χ2v) is 5.89. The molecule has 3 rings (SSSR count). The van der Waals surface area contributed by atoms with Crippen LogP contribution in [0.5, 0.6) is 0 Å². The van der Waals surface area contributed by atoms with Gasteiger partial charge in [-0.05, 0) is 37.1 Å². The highest BCUT2D eigenvalue weighted by atomic mass is 16.4. The fourth-order valence-electron chi connectivity index (χ4n) is 3.06. The summed E-state index contributed by atoms with van der Waals surface area (Å²) in [6.07, 6.45) is 2.53. The van der Waals surface area contributed by atoms with E-state index in [9.17, 15) is 10.1 Å². The van der Waals surface area contributed by atoms with Crippen molar-refractivity contribution in [2.24, 2.45) is 0 Å². The van der Waals surface area contributed by atoms with Crippen molar-refractivity contribution >= 4 is 23.1 Å². The lowest BCUT2D eigenvalue weighted by Crippen LogP contribution is -2.04. The van der Waals surface area contributed by atoms with Crippen molar-refractivity contribution < 1.29 is 9.90 Å². The molecule has 0 atom stereocenters. The summed E-state index contributed by atoms with van der Waals surface area (Å²) < 4.78 is 1.91. The summed E-state index contributed by atoms with van der Waals surface area (Å²) in [6.45, 7) is 4.36. The van der Waals surface area contributed by atoms with E-state index in [4.69, 9.17) is 5.11 Å². The Morgan fingerprint density at radius 3 is 2.68 bits per heavy atom. The number of nitrogens with zero attached hydrogens (tertiary/aromatic N) is 3. The molecule has 5 nitrogen and oxygen atoms in total. The van der Waals surface area contributed by atoms with Crippen LogP contribution in [0.15, 0.2) is 42.5 Å². The normalized spacial score (nSPS) is 11.1. The van der Waals surface area contributed by atoms with Gasteiger partial charge in [-0.3, -0.25) is 0 Å². The Balaban J connectivity index is 2.33. The van der Waals surface area contributed by atoms with Gasteiger partial charge in [0.15, 0.2) is 0 Å². The van der Waals surface area contributed by atoms with Gasteiger partial charge in [0.1, 0.15) is 11.7 Å². The fourth-order valence-corrected chi connectivity index (χ4v) is 3.06. The predicted molar refractivity (Wildman–Crippen MR) is 96.1 cm³/mol. The van der Waals surface area contributed by atoms with Gasteiger partial charge in [-0.25, -0.2) is 9.78 Å². The van der Waals surface area contributed by atoms with Crippen LogP contribution in [0.25, 0.3) is 17.1 Å². The van der Waals surface area contributed by atoms with Crippen molar-refractivity contribution in [1.29, 1.82) is 5.26 Å². The summed E-state index contributed by atoms with van der Waals surface area (Å²) in [5, 5.41) is 19.5. The zero-order valence-corrected chi connectivity index (χ0v) is 14.0. The number of hydrogen-bond acceptors (Lipinski definition) is 3. The number of carboxylic acid groups (broad SMARTS) is 1. The minimum Gasteiger partial charge on any atom is -0.478 e. The average Bonchev–Trinajstić information content (AvgIpc) is 2.87. The summed E-state index contributed by atoms with van der Waals surface area (Å²) >= 11 is 0. The van der Waals surface area contributed by atoms with Gasteiger partial charge in [0.05, 0.1) is 11.3 Å². The lowest BCUT2D eigenvalue weighted by Gasteiger charge is -2.09. The van der Waals surface area contributed by atoms with Crippen molar-refractivity contribution in [2.75, 3.05) is 0 Å². The van der Waals surface area contributed by atoms with E-state index in [1.807, 2.05) is 54.8 Å². The molecule has 124 valence electrons. The molecule has 2 heterocycles. The molecule has 5 heteroatoms. The Labute approximate surface area is 145 Å². The highest BCUT2D eigenvalue weighted by molar-refractivity contribution is 5.93. The van der Waals surface area contributed by atoms with Crippen LogP contribution in [0.1, 0.15) is 28.1 Å². The van der Waals surface area contributed by atoms with Crippen molar-refractivity contribution in [1.82, 2.24) is 9.55 Å². The molecule has 0 amide bonds. The highest BCUT2D eigenvalue weighted by Crippen LogP contribution is 2.29. The molecule has 0 aliphatic carbocycles. The van der Waals surface area contributed by atoms with Gasteiger partial charge >= 0.3 is 5.97 Å². The summed E-state index contributed by atoms with van der Waals surface area (Å²) in [5.41, 5.74) is 4.57. The molecule has 1 aromatic carbocycles. The number of carbonyl (C=O) groups is 1. The Hall–Kier alpha value is -3.39. The van der Waals surface area contributed by atoms with E-state index in [1.54, 1.807) is 0 Å². The number of aliphatic carboxylic acids is 1. The van der Waals surface area contributed by atoms with Crippen molar-refractivity contribution in [2.45, 2.75) is 20.4 Å². The van der Waals surface area contributed by atoms with Gasteiger partial charge in [-0.2, -0.15) is 5.26 Å². The first-order valence-electron chi connectivity index (χ1n) is 7.86. The third-order valence-electron chi connectivity index (χ3n) is 4.06.